The average Bonchev–Trinajstić information content (AvgIpc) is 2.25. The topological polar surface area (TPSA) is 77.2 Å². The summed E-state index contributed by atoms with van der Waals surface area (Å²) in [6, 6.07) is 1.60. The lowest BCUT2D eigenvalue weighted by Gasteiger charge is -2.06. The van der Waals surface area contributed by atoms with Crippen molar-refractivity contribution in [2.45, 2.75) is 6.42 Å². The molecule has 0 bridgehead atoms. The fourth-order valence-electron chi connectivity index (χ4n) is 1.11. The molecule has 0 aliphatic rings. The predicted octanol–water partition coefficient (Wildman–Crippen LogP) is 0.430. The number of nitrogens with zero attached hydrogens (tertiary/aromatic N) is 1. The number of nitrogens with one attached hydrogen (secondary N) is 1. The maximum absolute atomic E-state index is 11.6. The van der Waals surface area contributed by atoms with Crippen LogP contribution in [0.15, 0.2) is 18.5 Å². The van der Waals surface area contributed by atoms with Crippen LogP contribution in [0, 0.1) is 0 Å². The second kappa shape index (κ2) is 5.98. The first-order chi connectivity index (χ1) is 7.25. The van der Waals surface area contributed by atoms with E-state index in [4.69, 9.17) is 10.5 Å². The number of rotatable bonds is 5. The SMILES string of the molecule is COCCCNC(=O)c1cnccc1N. The van der Waals surface area contributed by atoms with Crippen molar-refractivity contribution in [2.24, 2.45) is 0 Å². The molecule has 0 atom stereocenters. The molecule has 5 heteroatoms. The van der Waals surface area contributed by atoms with Gasteiger partial charge in [-0.05, 0) is 12.5 Å². The Morgan fingerprint density at radius 3 is 3.13 bits per heavy atom. The fourth-order valence-corrected chi connectivity index (χ4v) is 1.11. The molecule has 1 aromatic heterocycles. The molecular formula is C10H15N3O2. The zero-order valence-corrected chi connectivity index (χ0v) is 8.69. The lowest BCUT2D eigenvalue weighted by Crippen LogP contribution is -2.26. The first-order valence-corrected chi connectivity index (χ1v) is 4.72. The second-order valence-corrected chi connectivity index (χ2v) is 3.07. The van der Waals surface area contributed by atoms with E-state index >= 15 is 0 Å². The summed E-state index contributed by atoms with van der Waals surface area (Å²) in [5.74, 6) is -0.197. The Labute approximate surface area is 88.6 Å². The van der Waals surface area contributed by atoms with Crippen LogP contribution in [0.1, 0.15) is 16.8 Å². The van der Waals surface area contributed by atoms with Gasteiger partial charge < -0.3 is 15.8 Å². The van der Waals surface area contributed by atoms with Crippen LogP contribution in [0.3, 0.4) is 0 Å². The van der Waals surface area contributed by atoms with Crippen LogP contribution in [-0.4, -0.2) is 31.2 Å². The van der Waals surface area contributed by atoms with Gasteiger partial charge >= 0.3 is 0 Å². The number of pyridine rings is 1. The van der Waals surface area contributed by atoms with Gasteiger partial charge in [-0.3, -0.25) is 9.78 Å². The van der Waals surface area contributed by atoms with Crippen molar-refractivity contribution in [3.63, 3.8) is 0 Å². The number of aromatic nitrogens is 1. The van der Waals surface area contributed by atoms with Crippen LogP contribution in [0.4, 0.5) is 5.69 Å². The first kappa shape index (κ1) is 11.5. The smallest absolute Gasteiger partial charge is 0.254 e. The van der Waals surface area contributed by atoms with Gasteiger partial charge in [-0.2, -0.15) is 0 Å². The van der Waals surface area contributed by atoms with Crippen molar-refractivity contribution in [3.8, 4) is 0 Å². The molecular weight excluding hydrogens is 194 g/mol. The fraction of sp³-hybridized carbons (Fsp3) is 0.400. The summed E-state index contributed by atoms with van der Waals surface area (Å²) in [5, 5.41) is 2.74. The van der Waals surface area contributed by atoms with Gasteiger partial charge in [0.1, 0.15) is 0 Å². The summed E-state index contributed by atoms with van der Waals surface area (Å²) in [4.78, 5) is 15.4. The Morgan fingerprint density at radius 2 is 2.47 bits per heavy atom. The second-order valence-electron chi connectivity index (χ2n) is 3.07. The average molecular weight is 209 g/mol. The highest BCUT2D eigenvalue weighted by atomic mass is 16.5. The third-order valence-corrected chi connectivity index (χ3v) is 1.91. The number of hydrogen-bond donors (Lipinski definition) is 2. The van der Waals surface area contributed by atoms with Gasteiger partial charge in [-0.25, -0.2) is 0 Å². The Bertz CT molecular complexity index is 328. The molecule has 1 aromatic rings. The maximum atomic E-state index is 11.6. The van der Waals surface area contributed by atoms with Crippen molar-refractivity contribution < 1.29 is 9.53 Å². The van der Waals surface area contributed by atoms with E-state index in [1.54, 1.807) is 19.4 Å². The van der Waals surface area contributed by atoms with Gasteiger partial charge in [0.2, 0.25) is 0 Å². The zero-order valence-electron chi connectivity index (χ0n) is 8.69. The highest BCUT2D eigenvalue weighted by Crippen LogP contribution is 2.07. The van der Waals surface area contributed by atoms with Gasteiger partial charge in [0.25, 0.3) is 5.91 Å². The molecule has 0 fully saturated rings. The molecule has 5 nitrogen and oxygen atoms in total. The van der Waals surface area contributed by atoms with E-state index in [1.165, 1.54) is 6.20 Å². The molecule has 0 aromatic carbocycles. The number of nitrogen functional groups attached to an aromatic ring is 1. The zero-order chi connectivity index (χ0) is 11.1. The third kappa shape index (κ3) is 3.55. The van der Waals surface area contributed by atoms with E-state index in [2.05, 4.69) is 10.3 Å². The van der Waals surface area contributed by atoms with Gasteiger partial charge in [-0.15, -0.1) is 0 Å². The van der Waals surface area contributed by atoms with Gasteiger partial charge in [0, 0.05) is 38.3 Å². The molecule has 1 rings (SSSR count). The molecule has 3 N–H and O–H groups in total. The highest BCUT2D eigenvalue weighted by Gasteiger charge is 2.07. The summed E-state index contributed by atoms with van der Waals surface area (Å²) in [5.41, 5.74) is 6.48. The van der Waals surface area contributed by atoms with E-state index in [0.717, 1.165) is 6.42 Å². The molecule has 0 aliphatic carbocycles. The normalized spacial score (nSPS) is 9.93. The largest absolute Gasteiger partial charge is 0.398 e. The number of nitrogens with two attached hydrogens (primary N) is 1. The number of ether oxygens (including phenoxy) is 1. The summed E-state index contributed by atoms with van der Waals surface area (Å²) in [7, 11) is 1.63. The Hall–Kier alpha value is -1.62. The molecule has 82 valence electrons. The molecule has 0 unspecified atom stereocenters. The van der Waals surface area contributed by atoms with Crippen LogP contribution in [0.25, 0.3) is 0 Å². The first-order valence-electron chi connectivity index (χ1n) is 4.72. The molecule has 0 aliphatic heterocycles. The minimum Gasteiger partial charge on any atom is -0.398 e. The Kier molecular flexibility index (Phi) is 4.56. The number of anilines is 1. The van der Waals surface area contributed by atoms with Gasteiger partial charge in [0.05, 0.1) is 5.56 Å². The van der Waals surface area contributed by atoms with Crippen LogP contribution in [0.5, 0.6) is 0 Å². The lowest BCUT2D eigenvalue weighted by molar-refractivity contribution is 0.0949. The van der Waals surface area contributed by atoms with E-state index in [9.17, 15) is 4.79 Å². The van der Waals surface area contributed by atoms with Crippen molar-refractivity contribution in [1.29, 1.82) is 0 Å². The van der Waals surface area contributed by atoms with Gasteiger partial charge in [0.15, 0.2) is 0 Å². The summed E-state index contributed by atoms with van der Waals surface area (Å²) >= 11 is 0. The summed E-state index contributed by atoms with van der Waals surface area (Å²) < 4.78 is 4.86. The molecule has 0 radical (unpaired) electrons. The molecule has 0 saturated carbocycles. The van der Waals surface area contributed by atoms with Crippen molar-refractivity contribution in [3.05, 3.63) is 24.0 Å². The molecule has 1 amide bonds. The van der Waals surface area contributed by atoms with Crippen LogP contribution in [0.2, 0.25) is 0 Å². The minimum absolute atomic E-state index is 0.197. The van der Waals surface area contributed by atoms with Crippen LogP contribution in [-0.2, 0) is 4.74 Å². The number of hydrogen-bond acceptors (Lipinski definition) is 4. The van der Waals surface area contributed by atoms with Crippen molar-refractivity contribution in [1.82, 2.24) is 10.3 Å². The number of carbonyl (C=O) groups excluding carboxylic acids is 1. The lowest BCUT2D eigenvalue weighted by atomic mass is 10.2. The number of methoxy groups -OCH3 is 1. The summed E-state index contributed by atoms with van der Waals surface area (Å²) in [6.07, 6.45) is 3.79. The van der Waals surface area contributed by atoms with E-state index in [0.29, 0.717) is 24.4 Å². The van der Waals surface area contributed by atoms with E-state index in [1.807, 2.05) is 0 Å². The van der Waals surface area contributed by atoms with E-state index in [-0.39, 0.29) is 5.91 Å². The molecule has 1 heterocycles. The van der Waals surface area contributed by atoms with Gasteiger partial charge in [-0.1, -0.05) is 0 Å². The standard InChI is InChI=1S/C10H15N3O2/c1-15-6-2-4-13-10(14)8-7-12-5-3-9(8)11/h3,5,7H,2,4,6H2,1H3,(H2,11,12)(H,13,14). The Balaban J connectivity index is 2.44. The quantitative estimate of drug-likeness (QED) is 0.689. The Morgan fingerprint density at radius 1 is 1.67 bits per heavy atom. The third-order valence-electron chi connectivity index (χ3n) is 1.91. The maximum Gasteiger partial charge on any atom is 0.254 e. The van der Waals surface area contributed by atoms with Crippen LogP contribution < -0.4 is 11.1 Å². The summed E-state index contributed by atoms with van der Waals surface area (Å²) in [6.45, 7) is 1.20. The molecule has 0 saturated heterocycles. The van der Waals surface area contributed by atoms with Crippen LogP contribution >= 0.6 is 0 Å². The number of amides is 1. The number of carbonyl (C=O) groups is 1. The minimum atomic E-state index is -0.197. The highest BCUT2D eigenvalue weighted by molar-refractivity contribution is 5.98. The van der Waals surface area contributed by atoms with Crippen molar-refractivity contribution in [2.75, 3.05) is 26.0 Å². The molecule has 15 heavy (non-hydrogen) atoms. The monoisotopic (exact) mass is 209 g/mol. The predicted molar refractivity (Wildman–Crippen MR) is 57.5 cm³/mol. The molecule has 0 spiro atoms. The van der Waals surface area contributed by atoms with E-state index < -0.39 is 0 Å². The van der Waals surface area contributed by atoms with Crippen molar-refractivity contribution >= 4 is 11.6 Å².